The molecule has 0 amide bonds. The van der Waals surface area contributed by atoms with E-state index in [0.29, 0.717) is 0 Å². The normalized spacial score (nSPS) is 14.0. The van der Waals surface area contributed by atoms with Crippen LogP contribution in [0.4, 0.5) is 17.1 Å². The first-order valence-corrected chi connectivity index (χ1v) is 23.1. The Morgan fingerprint density at radius 2 is 0.758 bits per heavy atom. The summed E-state index contributed by atoms with van der Waals surface area (Å²) >= 11 is 0. The topological polar surface area (TPSA) is 16.4 Å². The molecule has 2 aliphatic carbocycles. The minimum absolute atomic E-state index is 0.119. The van der Waals surface area contributed by atoms with Gasteiger partial charge in [0, 0.05) is 38.7 Å². The first-order valence-electron chi connectivity index (χ1n) is 23.1. The number of nitrogens with zero attached hydrogens (tertiary/aromatic N) is 1. The van der Waals surface area contributed by atoms with E-state index in [9.17, 15) is 0 Å². The first kappa shape index (κ1) is 38.5. The SMILES string of the molecule is CC1(C)c2ccccc2-c2ccc(N(c3ccc(-c4ccc(-c5ccc6oc7ccccc7c6c5)cc4)cc3)c3ccc4c(c3)C(C)(C)c3cc(-c5ccc6ccccc6c5)ccc3-4)cc21. The first-order chi connectivity index (χ1) is 32.2. The lowest BCUT2D eigenvalue weighted by molar-refractivity contribution is 0.660. The maximum Gasteiger partial charge on any atom is 0.135 e. The van der Waals surface area contributed by atoms with Crippen molar-refractivity contribution >= 4 is 49.8 Å². The van der Waals surface area contributed by atoms with Gasteiger partial charge in [-0.2, -0.15) is 0 Å². The second kappa shape index (κ2) is 14.3. The van der Waals surface area contributed by atoms with Crippen molar-refractivity contribution in [3.05, 3.63) is 235 Å². The fraction of sp³-hybridized carbons (Fsp3) is 0.0938. The van der Waals surface area contributed by atoms with E-state index < -0.39 is 0 Å². The molecule has 0 atom stereocenters. The predicted octanol–water partition coefficient (Wildman–Crippen LogP) is 17.8. The van der Waals surface area contributed by atoms with Crippen LogP contribution >= 0.6 is 0 Å². The highest BCUT2D eigenvalue weighted by atomic mass is 16.3. The highest BCUT2D eigenvalue weighted by Gasteiger charge is 2.38. The van der Waals surface area contributed by atoms with Gasteiger partial charge in [-0.15, -0.1) is 0 Å². The summed E-state index contributed by atoms with van der Waals surface area (Å²) in [7, 11) is 0. The summed E-state index contributed by atoms with van der Waals surface area (Å²) in [5.41, 5.74) is 22.9. The van der Waals surface area contributed by atoms with E-state index in [1.807, 2.05) is 12.1 Å². The fourth-order valence-corrected chi connectivity index (χ4v) is 11.3. The van der Waals surface area contributed by atoms with Crippen LogP contribution < -0.4 is 4.90 Å². The molecular formula is C64H47NO. The molecule has 0 bridgehead atoms. The van der Waals surface area contributed by atoms with Gasteiger partial charge < -0.3 is 9.32 Å². The lowest BCUT2D eigenvalue weighted by Gasteiger charge is -2.30. The molecule has 0 aliphatic heterocycles. The van der Waals surface area contributed by atoms with E-state index in [1.54, 1.807) is 0 Å². The largest absolute Gasteiger partial charge is 0.456 e. The van der Waals surface area contributed by atoms with Crippen molar-refractivity contribution in [2.24, 2.45) is 0 Å². The van der Waals surface area contributed by atoms with Crippen LogP contribution in [0.15, 0.2) is 217 Å². The van der Waals surface area contributed by atoms with E-state index >= 15 is 0 Å². The van der Waals surface area contributed by atoms with Crippen LogP contribution in [0.25, 0.3) is 88.3 Å². The van der Waals surface area contributed by atoms with Crippen molar-refractivity contribution in [2.45, 2.75) is 38.5 Å². The highest BCUT2D eigenvalue weighted by Crippen LogP contribution is 2.54. The third kappa shape index (κ3) is 5.88. The molecule has 2 nitrogen and oxygen atoms in total. The molecule has 0 spiro atoms. The zero-order valence-electron chi connectivity index (χ0n) is 37.6. The number of fused-ring (bicyclic) bond motifs is 10. The average Bonchev–Trinajstić information content (AvgIpc) is 3.93. The second-order valence-corrected chi connectivity index (χ2v) is 19.3. The van der Waals surface area contributed by atoms with Crippen LogP contribution in [0.2, 0.25) is 0 Å². The van der Waals surface area contributed by atoms with Gasteiger partial charge in [-0.3, -0.25) is 0 Å². The third-order valence-corrected chi connectivity index (χ3v) is 14.9. The molecule has 2 heteroatoms. The van der Waals surface area contributed by atoms with Gasteiger partial charge in [0.05, 0.1) is 0 Å². The lowest BCUT2D eigenvalue weighted by atomic mass is 9.81. The van der Waals surface area contributed by atoms with Crippen molar-refractivity contribution in [1.82, 2.24) is 0 Å². The third-order valence-electron chi connectivity index (χ3n) is 14.9. The van der Waals surface area contributed by atoms with Gasteiger partial charge >= 0.3 is 0 Å². The average molecular weight is 846 g/mol. The Kier molecular flexibility index (Phi) is 8.33. The molecule has 10 aromatic carbocycles. The molecule has 0 radical (unpaired) electrons. The summed E-state index contributed by atoms with van der Waals surface area (Å²) in [5, 5.41) is 4.82. The van der Waals surface area contributed by atoms with E-state index in [2.05, 4.69) is 233 Å². The smallest absolute Gasteiger partial charge is 0.135 e. The fourth-order valence-electron chi connectivity index (χ4n) is 11.3. The molecule has 1 aromatic heterocycles. The molecule has 0 fully saturated rings. The second-order valence-electron chi connectivity index (χ2n) is 19.3. The minimum atomic E-state index is -0.200. The van der Waals surface area contributed by atoms with Crippen LogP contribution in [-0.2, 0) is 10.8 Å². The molecule has 11 aromatic rings. The number of hydrogen-bond donors (Lipinski definition) is 0. The molecule has 0 saturated carbocycles. The Morgan fingerprint density at radius 1 is 0.303 bits per heavy atom. The number of furan rings is 1. The quantitative estimate of drug-likeness (QED) is 0.166. The molecular weight excluding hydrogens is 799 g/mol. The van der Waals surface area contributed by atoms with E-state index in [1.165, 1.54) is 88.7 Å². The maximum absolute atomic E-state index is 6.11. The van der Waals surface area contributed by atoms with E-state index in [-0.39, 0.29) is 10.8 Å². The van der Waals surface area contributed by atoms with E-state index in [4.69, 9.17) is 4.42 Å². The molecule has 0 N–H and O–H groups in total. The summed E-state index contributed by atoms with van der Waals surface area (Å²) < 4.78 is 6.11. The Morgan fingerprint density at radius 3 is 1.48 bits per heavy atom. The van der Waals surface area contributed by atoms with Crippen LogP contribution in [0.5, 0.6) is 0 Å². The maximum atomic E-state index is 6.11. The number of benzene rings is 10. The van der Waals surface area contributed by atoms with Crippen molar-refractivity contribution in [3.8, 4) is 55.6 Å². The molecule has 314 valence electrons. The number of para-hydroxylation sites is 1. The van der Waals surface area contributed by atoms with E-state index in [0.717, 1.165) is 39.0 Å². The van der Waals surface area contributed by atoms with Crippen molar-refractivity contribution in [3.63, 3.8) is 0 Å². The summed E-state index contributed by atoms with van der Waals surface area (Å²) in [6.45, 7) is 9.52. The Balaban J connectivity index is 0.874. The summed E-state index contributed by atoms with van der Waals surface area (Å²) in [6, 6.07) is 78.5. The van der Waals surface area contributed by atoms with Crippen molar-refractivity contribution < 1.29 is 4.42 Å². The van der Waals surface area contributed by atoms with Gasteiger partial charge in [0.1, 0.15) is 11.2 Å². The van der Waals surface area contributed by atoms with Gasteiger partial charge in [0.2, 0.25) is 0 Å². The van der Waals surface area contributed by atoms with Gasteiger partial charge in [-0.05, 0) is 155 Å². The molecule has 1 heterocycles. The number of hydrogen-bond acceptors (Lipinski definition) is 2. The monoisotopic (exact) mass is 845 g/mol. The molecule has 0 unspecified atom stereocenters. The standard InChI is InChI=1S/C64H47NO/c1-63(2)57-15-9-7-13-51(57)53-32-29-49(38-59(53)63)65(48-27-23-42(24-28-48)41-17-19-43(20-18-41)46-26-34-62-56(36-46)55-14-8-10-16-61(55)66-62)50-30-33-54-52-31-25-47(37-58(52)64(3,4)60(54)39-50)45-22-21-40-11-5-6-12-44(40)35-45/h5-39H,1-4H3. The Bertz CT molecular complexity index is 3750. The number of anilines is 3. The van der Waals surface area contributed by atoms with Crippen molar-refractivity contribution in [1.29, 1.82) is 0 Å². The predicted molar refractivity (Wildman–Crippen MR) is 277 cm³/mol. The minimum Gasteiger partial charge on any atom is -0.456 e. The molecule has 2 aliphatic rings. The Hall–Kier alpha value is -7.94. The van der Waals surface area contributed by atoms with Gasteiger partial charge in [0.15, 0.2) is 0 Å². The zero-order chi connectivity index (χ0) is 44.3. The van der Waals surface area contributed by atoms with Crippen LogP contribution in [0, 0.1) is 0 Å². The van der Waals surface area contributed by atoms with Gasteiger partial charge in [-0.1, -0.05) is 173 Å². The summed E-state index contributed by atoms with van der Waals surface area (Å²) in [5.74, 6) is 0. The molecule has 66 heavy (non-hydrogen) atoms. The van der Waals surface area contributed by atoms with Crippen LogP contribution in [0.3, 0.4) is 0 Å². The number of rotatable bonds is 6. The van der Waals surface area contributed by atoms with Crippen LogP contribution in [-0.4, -0.2) is 0 Å². The van der Waals surface area contributed by atoms with Crippen LogP contribution in [0.1, 0.15) is 49.9 Å². The molecule has 0 saturated heterocycles. The van der Waals surface area contributed by atoms with Gasteiger partial charge in [-0.25, -0.2) is 0 Å². The van der Waals surface area contributed by atoms with Gasteiger partial charge in [0.25, 0.3) is 0 Å². The summed E-state index contributed by atoms with van der Waals surface area (Å²) in [4.78, 5) is 2.46. The molecule has 13 rings (SSSR count). The highest BCUT2D eigenvalue weighted by molar-refractivity contribution is 6.06. The lowest BCUT2D eigenvalue weighted by Crippen LogP contribution is -2.18. The van der Waals surface area contributed by atoms with Crippen molar-refractivity contribution in [2.75, 3.05) is 4.90 Å². The summed E-state index contributed by atoms with van der Waals surface area (Å²) in [6.07, 6.45) is 0. The Labute approximate surface area is 386 Å². The zero-order valence-corrected chi connectivity index (χ0v) is 37.6.